The molecule has 13 heavy (non-hydrogen) atoms. The van der Waals surface area contributed by atoms with Crippen LogP contribution in [0.1, 0.15) is 6.42 Å². The van der Waals surface area contributed by atoms with Crippen molar-refractivity contribution in [2.45, 2.75) is 30.8 Å². The Kier molecular flexibility index (Phi) is 1.60. The number of rotatable bonds is 2. The van der Waals surface area contributed by atoms with Gasteiger partial charge in [0.05, 0.1) is 12.0 Å². The van der Waals surface area contributed by atoms with Crippen LogP contribution < -0.4 is 0 Å². The number of hydrogen-bond donors (Lipinski definition) is 0. The molecular weight excluding hydrogens is 196 g/mol. The molecule has 3 aliphatic rings. The third-order valence-corrected chi connectivity index (χ3v) is 3.08. The Hall–Kier alpha value is -0.320. The number of hydrogen-bond acceptors (Lipinski definition) is 4. The molecule has 0 radical (unpaired) electrons. The molecule has 0 aromatic heterocycles. The highest BCUT2D eigenvalue weighted by Gasteiger charge is 2.66. The highest BCUT2D eigenvalue weighted by Crippen LogP contribution is 2.51. The number of epoxide rings is 1. The number of esters is 1. The first kappa shape index (κ1) is 8.03. The molecule has 0 N–H and O–H groups in total. The molecule has 0 amide bonds. The molecule has 0 spiro atoms. The van der Waals surface area contributed by atoms with E-state index in [4.69, 9.17) is 25.8 Å². The monoisotopic (exact) mass is 204 g/mol. The SMILES string of the molecule is O=C(OCCl)[C@@H]1C[C@H]2O[C@@H]1[C@H]1O[C@H]12. The van der Waals surface area contributed by atoms with Crippen LogP contribution in [0.25, 0.3) is 0 Å². The quantitative estimate of drug-likeness (QED) is 0.368. The number of alkyl halides is 1. The summed E-state index contributed by atoms with van der Waals surface area (Å²) in [7, 11) is 0. The first-order valence-corrected chi connectivity index (χ1v) is 4.88. The van der Waals surface area contributed by atoms with Crippen LogP contribution in [0.3, 0.4) is 0 Å². The fraction of sp³-hybridized carbons (Fsp3) is 0.875. The predicted octanol–water partition coefficient (Wildman–Crippen LogP) is 0.281. The smallest absolute Gasteiger partial charge is 0.312 e. The third-order valence-electron chi connectivity index (χ3n) is 2.97. The number of carbonyl (C=O) groups is 1. The van der Waals surface area contributed by atoms with Gasteiger partial charge in [-0.3, -0.25) is 4.79 Å². The lowest BCUT2D eigenvalue weighted by Gasteiger charge is -2.13. The van der Waals surface area contributed by atoms with E-state index in [1.807, 2.05) is 0 Å². The zero-order valence-electron chi connectivity index (χ0n) is 6.81. The summed E-state index contributed by atoms with van der Waals surface area (Å²) < 4.78 is 15.6. The topological polar surface area (TPSA) is 48.1 Å². The van der Waals surface area contributed by atoms with Crippen molar-refractivity contribution in [3.05, 3.63) is 0 Å². The Balaban J connectivity index is 1.70. The van der Waals surface area contributed by atoms with Crippen molar-refractivity contribution in [3.8, 4) is 0 Å². The second kappa shape index (κ2) is 2.59. The molecule has 3 fully saturated rings. The summed E-state index contributed by atoms with van der Waals surface area (Å²) >= 11 is 5.31. The van der Waals surface area contributed by atoms with Gasteiger partial charge in [0, 0.05) is 0 Å². The Labute approximate surface area is 80.1 Å². The number of carbonyl (C=O) groups excluding carboxylic acids is 1. The van der Waals surface area contributed by atoms with E-state index in [1.54, 1.807) is 0 Å². The number of ether oxygens (including phenoxy) is 3. The molecule has 5 heteroatoms. The maximum atomic E-state index is 11.4. The van der Waals surface area contributed by atoms with Crippen molar-refractivity contribution < 1.29 is 19.0 Å². The van der Waals surface area contributed by atoms with Crippen LogP contribution in [0.4, 0.5) is 0 Å². The molecule has 2 bridgehead atoms. The molecule has 0 aromatic rings. The van der Waals surface area contributed by atoms with Crippen LogP contribution in [-0.2, 0) is 19.0 Å². The van der Waals surface area contributed by atoms with Crippen molar-refractivity contribution >= 4 is 17.6 Å². The normalized spacial score (nSPS) is 50.4. The highest BCUT2D eigenvalue weighted by atomic mass is 35.5. The fourth-order valence-corrected chi connectivity index (χ4v) is 2.45. The zero-order chi connectivity index (χ0) is 9.00. The van der Waals surface area contributed by atoms with Crippen molar-refractivity contribution in [3.63, 3.8) is 0 Å². The summed E-state index contributed by atoms with van der Waals surface area (Å²) in [5.74, 6) is -0.413. The van der Waals surface area contributed by atoms with E-state index in [2.05, 4.69) is 0 Å². The van der Waals surface area contributed by atoms with Crippen LogP contribution in [0, 0.1) is 5.92 Å². The summed E-state index contributed by atoms with van der Waals surface area (Å²) in [6.07, 6.45) is 1.16. The molecule has 72 valence electrons. The van der Waals surface area contributed by atoms with Crippen LogP contribution in [0.15, 0.2) is 0 Å². The maximum Gasteiger partial charge on any atom is 0.312 e. The summed E-state index contributed by atoms with van der Waals surface area (Å²) in [6.45, 7) is 0. The minimum atomic E-state index is -0.253. The van der Waals surface area contributed by atoms with E-state index < -0.39 is 0 Å². The fourth-order valence-electron chi connectivity index (χ4n) is 2.35. The molecule has 3 rings (SSSR count). The average Bonchev–Trinajstić information content (AvgIpc) is 2.72. The molecule has 4 nitrogen and oxygen atoms in total. The molecule has 3 aliphatic heterocycles. The number of halogens is 1. The van der Waals surface area contributed by atoms with Gasteiger partial charge in [-0.2, -0.15) is 0 Å². The molecule has 3 heterocycles. The van der Waals surface area contributed by atoms with Crippen LogP contribution in [-0.4, -0.2) is 36.5 Å². The van der Waals surface area contributed by atoms with Crippen LogP contribution >= 0.6 is 11.6 Å². The summed E-state index contributed by atoms with van der Waals surface area (Å²) in [5, 5.41) is 0. The van der Waals surface area contributed by atoms with Crippen molar-refractivity contribution in [1.29, 1.82) is 0 Å². The lowest BCUT2D eigenvalue weighted by Crippen LogP contribution is -2.31. The van der Waals surface area contributed by atoms with Gasteiger partial charge in [-0.05, 0) is 6.42 Å². The van der Waals surface area contributed by atoms with E-state index in [-0.39, 0.29) is 42.4 Å². The van der Waals surface area contributed by atoms with E-state index >= 15 is 0 Å². The van der Waals surface area contributed by atoms with Crippen LogP contribution in [0.5, 0.6) is 0 Å². The molecular formula is C8H9ClO4. The first-order chi connectivity index (χ1) is 6.31. The standard InChI is InChI=1S/C8H9ClO4/c9-2-11-8(10)3-1-4-6-7(13-6)5(3)12-4/h3-7H,1-2H2/t3-,4-,5+,6+,7-/m1/s1. The molecule has 0 unspecified atom stereocenters. The Morgan fingerprint density at radius 1 is 1.38 bits per heavy atom. The van der Waals surface area contributed by atoms with E-state index in [0.29, 0.717) is 0 Å². The molecule has 0 saturated carbocycles. The maximum absolute atomic E-state index is 11.4. The second-order valence-corrected chi connectivity index (χ2v) is 3.84. The summed E-state index contributed by atoms with van der Waals surface area (Å²) in [5.41, 5.74) is 0. The second-order valence-electron chi connectivity index (χ2n) is 3.62. The third kappa shape index (κ3) is 1.02. The predicted molar refractivity (Wildman–Crippen MR) is 42.2 cm³/mol. The van der Waals surface area contributed by atoms with Gasteiger partial charge >= 0.3 is 5.97 Å². The minimum Gasteiger partial charge on any atom is -0.449 e. The van der Waals surface area contributed by atoms with E-state index in [9.17, 15) is 4.79 Å². The molecule has 5 atom stereocenters. The minimum absolute atomic E-state index is 0.0780. The van der Waals surface area contributed by atoms with Gasteiger partial charge in [0.2, 0.25) is 0 Å². The largest absolute Gasteiger partial charge is 0.449 e. The Morgan fingerprint density at radius 2 is 2.23 bits per heavy atom. The highest BCUT2D eigenvalue weighted by molar-refractivity contribution is 6.17. The lowest BCUT2D eigenvalue weighted by molar-refractivity contribution is -0.148. The van der Waals surface area contributed by atoms with Crippen LogP contribution in [0.2, 0.25) is 0 Å². The van der Waals surface area contributed by atoms with Gasteiger partial charge in [-0.25, -0.2) is 0 Å². The van der Waals surface area contributed by atoms with E-state index in [1.165, 1.54) is 0 Å². The lowest BCUT2D eigenvalue weighted by atomic mass is 9.89. The van der Waals surface area contributed by atoms with Gasteiger partial charge in [0.1, 0.15) is 18.3 Å². The summed E-state index contributed by atoms with van der Waals surface area (Å²) in [4.78, 5) is 11.4. The van der Waals surface area contributed by atoms with Gasteiger partial charge in [0.25, 0.3) is 0 Å². The zero-order valence-corrected chi connectivity index (χ0v) is 7.57. The Morgan fingerprint density at radius 3 is 2.85 bits per heavy atom. The van der Waals surface area contributed by atoms with Crippen molar-refractivity contribution in [2.24, 2.45) is 5.92 Å². The first-order valence-electron chi connectivity index (χ1n) is 4.35. The number of fused-ring (bicyclic) bond motifs is 5. The molecule has 0 aliphatic carbocycles. The Bertz CT molecular complexity index is 257. The van der Waals surface area contributed by atoms with Gasteiger partial charge in [0.15, 0.2) is 6.07 Å². The van der Waals surface area contributed by atoms with Gasteiger partial charge in [-0.15, -0.1) is 0 Å². The molecule has 0 aromatic carbocycles. The van der Waals surface area contributed by atoms with Crippen molar-refractivity contribution in [1.82, 2.24) is 0 Å². The van der Waals surface area contributed by atoms with Gasteiger partial charge in [-0.1, -0.05) is 11.6 Å². The summed E-state index contributed by atoms with van der Waals surface area (Å²) in [6, 6.07) is -0.0817. The average molecular weight is 205 g/mol. The van der Waals surface area contributed by atoms with E-state index in [0.717, 1.165) is 6.42 Å². The van der Waals surface area contributed by atoms with Gasteiger partial charge < -0.3 is 14.2 Å². The van der Waals surface area contributed by atoms with Crippen molar-refractivity contribution in [2.75, 3.05) is 6.07 Å². The molecule has 3 saturated heterocycles.